The van der Waals surface area contributed by atoms with Crippen molar-refractivity contribution in [3.05, 3.63) is 206 Å². The second kappa shape index (κ2) is 13.4. The fourth-order valence-corrected chi connectivity index (χ4v) is 10.0. The topological polar surface area (TPSA) is 56.7 Å². The maximum atomic E-state index is 6.78. The molecule has 0 atom stereocenters. The monoisotopic (exact) mass is 814 g/mol. The van der Waals surface area contributed by atoms with Crippen molar-refractivity contribution in [3.63, 3.8) is 0 Å². The van der Waals surface area contributed by atoms with Gasteiger partial charge in [0.25, 0.3) is 0 Å². The van der Waals surface area contributed by atoms with Gasteiger partial charge < -0.3 is 8.98 Å². The van der Waals surface area contributed by atoms with Gasteiger partial charge >= 0.3 is 0 Å². The summed E-state index contributed by atoms with van der Waals surface area (Å²) in [5.74, 6) is 1.87. The van der Waals surface area contributed by atoms with Gasteiger partial charge in [0.05, 0.1) is 11.0 Å². The van der Waals surface area contributed by atoms with Gasteiger partial charge in [0, 0.05) is 50.0 Å². The third kappa shape index (κ3) is 5.34. The van der Waals surface area contributed by atoms with Gasteiger partial charge in [-0.25, -0.2) is 15.0 Å². The highest BCUT2D eigenvalue weighted by Gasteiger charge is 2.20. The zero-order chi connectivity index (χ0) is 41.9. The molecule has 5 nitrogen and oxygen atoms in total. The Morgan fingerprint density at radius 1 is 0.297 bits per heavy atom. The van der Waals surface area contributed by atoms with Crippen LogP contribution in [0.2, 0.25) is 0 Å². The summed E-state index contributed by atoms with van der Waals surface area (Å²) in [4.78, 5) is 15.5. The maximum absolute atomic E-state index is 6.78. The van der Waals surface area contributed by atoms with Crippen molar-refractivity contribution in [3.8, 4) is 39.9 Å². The number of fused-ring (bicyclic) bond motifs is 13. The molecule has 64 heavy (non-hydrogen) atoms. The van der Waals surface area contributed by atoms with Crippen LogP contribution < -0.4 is 0 Å². The van der Waals surface area contributed by atoms with Crippen molar-refractivity contribution in [2.24, 2.45) is 0 Å². The Bertz CT molecular complexity index is 4180. The maximum Gasteiger partial charge on any atom is 0.164 e. The van der Waals surface area contributed by atoms with Crippen LogP contribution in [0, 0.1) is 0 Å². The molecule has 3 aromatic heterocycles. The van der Waals surface area contributed by atoms with Crippen molar-refractivity contribution in [2.45, 2.75) is 0 Å². The summed E-state index contributed by atoms with van der Waals surface area (Å²) in [5.41, 5.74) is 7.83. The van der Waals surface area contributed by atoms with Crippen molar-refractivity contribution in [2.75, 3.05) is 0 Å². The minimum Gasteiger partial charge on any atom is -0.456 e. The van der Waals surface area contributed by atoms with E-state index in [0.717, 1.165) is 71.4 Å². The molecule has 0 amide bonds. The van der Waals surface area contributed by atoms with E-state index in [4.69, 9.17) is 19.4 Å². The Labute approximate surface area is 366 Å². The van der Waals surface area contributed by atoms with Crippen LogP contribution in [-0.2, 0) is 0 Å². The lowest BCUT2D eigenvalue weighted by Crippen LogP contribution is -2.00. The van der Waals surface area contributed by atoms with Crippen LogP contribution in [0.3, 0.4) is 0 Å². The molecule has 0 aliphatic carbocycles. The van der Waals surface area contributed by atoms with E-state index in [0.29, 0.717) is 17.5 Å². The highest BCUT2D eigenvalue weighted by Crippen LogP contribution is 2.42. The van der Waals surface area contributed by atoms with Crippen LogP contribution >= 0.6 is 0 Å². The van der Waals surface area contributed by atoms with Crippen molar-refractivity contribution in [1.29, 1.82) is 0 Å². The minimum atomic E-state index is 0.613. The molecule has 0 aliphatic rings. The van der Waals surface area contributed by atoms with Crippen LogP contribution in [0.25, 0.3) is 137 Å². The lowest BCUT2D eigenvalue weighted by atomic mass is 10.0. The van der Waals surface area contributed by atoms with Crippen LogP contribution in [0.1, 0.15) is 0 Å². The highest BCUT2D eigenvalue weighted by molar-refractivity contribution is 6.24. The first-order valence-corrected chi connectivity index (χ1v) is 21.7. The molecule has 11 aromatic carbocycles. The van der Waals surface area contributed by atoms with E-state index in [2.05, 4.69) is 211 Å². The molecule has 14 aromatic rings. The molecular formula is C59H34N4O. The van der Waals surface area contributed by atoms with Gasteiger partial charge in [-0.2, -0.15) is 0 Å². The second-order valence-electron chi connectivity index (χ2n) is 16.8. The second-order valence-corrected chi connectivity index (χ2v) is 16.8. The normalized spacial score (nSPS) is 12.1. The largest absolute Gasteiger partial charge is 0.456 e. The van der Waals surface area contributed by atoms with Gasteiger partial charge in [0.15, 0.2) is 17.5 Å². The van der Waals surface area contributed by atoms with Gasteiger partial charge in [-0.1, -0.05) is 146 Å². The first-order chi connectivity index (χ1) is 31.7. The highest BCUT2D eigenvalue weighted by atomic mass is 16.3. The molecule has 0 unspecified atom stereocenters. The molecule has 5 heteroatoms. The number of aromatic nitrogens is 4. The number of hydrogen-bond donors (Lipinski definition) is 0. The zero-order valence-electron chi connectivity index (χ0n) is 34.3. The molecule has 0 saturated heterocycles. The quantitative estimate of drug-likeness (QED) is 0.178. The molecule has 0 bridgehead atoms. The standard InChI is InChI=1S/C59H34N4O/c1-3-12-39-29-43(20-17-35(39)9-1)57-60-58(44-21-18-36-10-2-4-13-40(36)30-44)62-59(61-57)45-22-19-38-24-28-53-56(49(38)32-45)48-26-25-46(34-54(48)64-53)63-51-27-23-37-11-7-8-16-47(37)55(51)50-31-41-14-5-6-15-42(41)33-52(50)63/h1-34H. The van der Waals surface area contributed by atoms with Crippen molar-refractivity contribution < 1.29 is 4.42 Å². The molecule has 0 N–H and O–H groups in total. The van der Waals surface area contributed by atoms with Crippen molar-refractivity contribution >= 4 is 97.6 Å². The third-order valence-corrected chi connectivity index (χ3v) is 13.1. The fourth-order valence-electron chi connectivity index (χ4n) is 10.0. The van der Waals surface area contributed by atoms with E-state index in [1.54, 1.807) is 0 Å². The molecule has 0 saturated carbocycles. The summed E-state index contributed by atoms with van der Waals surface area (Å²) in [6.07, 6.45) is 0. The van der Waals surface area contributed by atoms with Gasteiger partial charge in [0.1, 0.15) is 11.2 Å². The summed E-state index contributed by atoms with van der Waals surface area (Å²) in [6.45, 7) is 0. The van der Waals surface area contributed by atoms with E-state index in [-0.39, 0.29) is 0 Å². The Morgan fingerprint density at radius 2 is 0.812 bits per heavy atom. The van der Waals surface area contributed by atoms with Crippen LogP contribution in [0.4, 0.5) is 0 Å². The zero-order valence-corrected chi connectivity index (χ0v) is 34.3. The molecule has 296 valence electrons. The molecular weight excluding hydrogens is 781 g/mol. The van der Waals surface area contributed by atoms with Gasteiger partial charge in [-0.05, 0) is 108 Å². The van der Waals surface area contributed by atoms with Crippen molar-refractivity contribution in [1.82, 2.24) is 19.5 Å². The smallest absolute Gasteiger partial charge is 0.164 e. The molecule has 0 fully saturated rings. The average Bonchev–Trinajstić information content (AvgIpc) is 3.90. The first kappa shape index (κ1) is 35.0. The van der Waals surface area contributed by atoms with Gasteiger partial charge in [0.2, 0.25) is 0 Å². The predicted octanol–water partition coefficient (Wildman–Crippen LogP) is 15.6. The number of benzene rings is 11. The number of rotatable bonds is 4. The summed E-state index contributed by atoms with van der Waals surface area (Å²) in [7, 11) is 0. The van der Waals surface area contributed by atoms with Gasteiger partial charge in [-0.15, -0.1) is 0 Å². The SMILES string of the molecule is c1ccc2cc(-c3nc(-c4ccc5ccccc5c4)nc(-c4ccc5ccc6oc7cc(-n8c9cc%10ccccc%10cc9c9c%10ccccc%10ccc98)ccc7c6c5c4)n3)ccc2c1. The number of hydrogen-bond acceptors (Lipinski definition) is 4. The van der Waals surface area contributed by atoms with Crippen LogP contribution in [0.5, 0.6) is 0 Å². The Morgan fingerprint density at radius 3 is 1.48 bits per heavy atom. The summed E-state index contributed by atoms with van der Waals surface area (Å²) in [5, 5.41) is 16.3. The van der Waals surface area contributed by atoms with Crippen LogP contribution in [-0.4, -0.2) is 19.5 Å². The number of furan rings is 1. The molecule has 0 spiro atoms. The average molecular weight is 815 g/mol. The third-order valence-electron chi connectivity index (χ3n) is 13.1. The first-order valence-electron chi connectivity index (χ1n) is 21.7. The Kier molecular flexibility index (Phi) is 7.33. The van der Waals surface area contributed by atoms with Crippen LogP contribution in [0.15, 0.2) is 211 Å². The fraction of sp³-hybridized carbons (Fsp3) is 0. The van der Waals surface area contributed by atoms with E-state index >= 15 is 0 Å². The molecule has 0 radical (unpaired) electrons. The lowest BCUT2D eigenvalue weighted by molar-refractivity contribution is 0.669. The van der Waals surface area contributed by atoms with E-state index < -0.39 is 0 Å². The minimum absolute atomic E-state index is 0.613. The molecule has 0 aliphatic heterocycles. The van der Waals surface area contributed by atoms with E-state index in [1.807, 2.05) is 0 Å². The van der Waals surface area contributed by atoms with Gasteiger partial charge in [-0.3, -0.25) is 0 Å². The Hall–Kier alpha value is -8.67. The van der Waals surface area contributed by atoms with E-state index in [9.17, 15) is 0 Å². The molecule has 3 heterocycles. The predicted molar refractivity (Wildman–Crippen MR) is 265 cm³/mol. The number of nitrogens with zero attached hydrogens (tertiary/aromatic N) is 4. The summed E-state index contributed by atoms with van der Waals surface area (Å²) in [6, 6.07) is 73.5. The molecule has 14 rings (SSSR count). The van der Waals surface area contributed by atoms with E-state index in [1.165, 1.54) is 48.6 Å². The lowest BCUT2D eigenvalue weighted by Gasteiger charge is -2.11. The summed E-state index contributed by atoms with van der Waals surface area (Å²) < 4.78 is 9.18. The summed E-state index contributed by atoms with van der Waals surface area (Å²) >= 11 is 0. The Balaban J connectivity index is 0.955.